The molecule has 4 N–H and O–H groups in total. The minimum absolute atomic E-state index is 0.0440. The summed E-state index contributed by atoms with van der Waals surface area (Å²) in [6.07, 6.45) is -0.588. The van der Waals surface area contributed by atoms with Gasteiger partial charge in [0.1, 0.15) is 6.23 Å². The van der Waals surface area contributed by atoms with E-state index in [9.17, 15) is 0 Å². The normalized spacial score (nSPS) is 14.5. The summed E-state index contributed by atoms with van der Waals surface area (Å²) in [6, 6.07) is 0. The fraction of sp³-hybridized carbons (Fsp3) is 1.00. The van der Waals surface area contributed by atoms with Crippen molar-refractivity contribution in [1.82, 2.24) is 0 Å². The highest BCUT2D eigenvalue weighted by molar-refractivity contribution is 4.38. The van der Waals surface area contributed by atoms with Crippen molar-refractivity contribution < 1.29 is 10.2 Å². The molecule has 0 aliphatic rings. The zero-order valence-electron chi connectivity index (χ0n) is 3.46. The van der Waals surface area contributed by atoms with Gasteiger partial charge in [-0.15, -0.1) is 0 Å². The Labute approximate surface area is 36.4 Å². The first kappa shape index (κ1) is 5.88. The van der Waals surface area contributed by atoms with Crippen molar-refractivity contribution in [2.75, 3.05) is 6.61 Å². The molecule has 0 rings (SSSR count). The zero-order valence-corrected chi connectivity index (χ0v) is 3.46. The van der Waals surface area contributed by atoms with Gasteiger partial charge in [-0.25, -0.2) is 0 Å². The lowest BCUT2D eigenvalue weighted by atomic mass is 10.4. The smallest absolute Gasteiger partial charge is 0.104 e. The summed E-state index contributed by atoms with van der Waals surface area (Å²) in [7, 11) is 0. The molecule has 0 bridgehead atoms. The Bertz CT molecular complexity index is 30.0. The Morgan fingerprint density at radius 1 is 1.67 bits per heavy atom. The number of rotatable bonds is 2. The zero-order chi connectivity index (χ0) is 4.99. The van der Waals surface area contributed by atoms with Gasteiger partial charge in [-0.3, -0.25) is 0 Å². The molecule has 0 saturated heterocycles. The van der Waals surface area contributed by atoms with E-state index in [2.05, 4.69) is 0 Å². The van der Waals surface area contributed by atoms with E-state index < -0.39 is 6.23 Å². The molecule has 1 atom stereocenters. The second-order valence-corrected chi connectivity index (χ2v) is 1.08. The molecule has 0 aliphatic carbocycles. The Morgan fingerprint density at radius 2 is 2.17 bits per heavy atom. The van der Waals surface area contributed by atoms with Crippen molar-refractivity contribution in [1.29, 1.82) is 0 Å². The maximum absolute atomic E-state index is 8.17. The molecule has 6 heavy (non-hydrogen) atoms. The average Bonchev–Trinajstić information content (AvgIpc) is 1.35. The fourth-order valence-corrected chi connectivity index (χ4v) is 0.132. The monoisotopic (exact) mass is 91.1 g/mol. The van der Waals surface area contributed by atoms with Gasteiger partial charge in [0.2, 0.25) is 0 Å². The fourth-order valence-electron chi connectivity index (χ4n) is 0.132. The number of hydrogen-bond donors (Lipinski definition) is 3. The van der Waals surface area contributed by atoms with Gasteiger partial charge >= 0.3 is 0 Å². The molecule has 38 valence electrons. The van der Waals surface area contributed by atoms with Crippen LogP contribution in [0.5, 0.6) is 0 Å². The number of nitrogens with two attached hydrogens (primary N) is 1. The summed E-state index contributed by atoms with van der Waals surface area (Å²) in [4.78, 5) is 0. The van der Waals surface area contributed by atoms with E-state index >= 15 is 0 Å². The molecule has 3 nitrogen and oxygen atoms in total. The molecule has 0 fully saturated rings. The van der Waals surface area contributed by atoms with Crippen LogP contribution in [0.1, 0.15) is 6.42 Å². The molecule has 0 heterocycles. The van der Waals surface area contributed by atoms with E-state index in [1.807, 2.05) is 0 Å². The van der Waals surface area contributed by atoms with Crippen LogP contribution in [0.3, 0.4) is 0 Å². The van der Waals surface area contributed by atoms with Crippen molar-refractivity contribution in [3.8, 4) is 0 Å². The van der Waals surface area contributed by atoms with Crippen LogP contribution in [-0.4, -0.2) is 23.0 Å². The molecule has 0 aromatic carbocycles. The highest BCUT2D eigenvalue weighted by Crippen LogP contribution is 1.75. The van der Waals surface area contributed by atoms with Crippen molar-refractivity contribution in [2.24, 2.45) is 5.73 Å². The second-order valence-electron chi connectivity index (χ2n) is 1.08. The van der Waals surface area contributed by atoms with Gasteiger partial charge in [0.25, 0.3) is 0 Å². The van der Waals surface area contributed by atoms with Gasteiger partial charge in [-0.2, -0.15) is 0 Å². The van der Waals surface area contributed by atoms with Crippen LogP contribution in [0.15, 0.2) is 0 Å². The summed E-state index contributed by atoms with van der Waals surface area (Å²) in [5.41, 5.74) is 4.80. The quantitative estimate of drug-likeness (QED) is 0.368. The molecular weight excluding hydrogens is 82.0 g/mol. The number of hydrogen-bond acceptors (Lipinski definition) is 3. The largest absolute Gasteiger partial charge is 0.396 e. The average molecular weight is 91.1 g/mol. The summed E-state index contributed by atoms with van der Waals surface area (Å²) >= 11 is 0. The molecule has 0 aliphatic heterocycles. The predicted molar refractivity (Wildman–Crippen MR) is 21.9 cm³/mol. The first-order valence-corrected chi connectivity index (χ1v) is 1.82. The molecule has 0 spiro atoms. The van der Waals surface area contributed by atoms with Gasteiger partial charge in [0.05, 0.1) is 0 Å². The first-order chi connectivity index (χ1) is 2.77. The molecule has 0 aromatic heterocycles. The van der Waals surface area contributed by atoms with Crippen molar-refractivity contribution in [2.45, 2.75) is 12.6 Å². The van der Waals surface area contributed by atoms with Gasteiger partial charge < -0.3 is 15.9 Å². The summed E-state index contributed by atoms with van der Waals surface area (Å²) < 4.78 is 0. The lowest BCUT2D eigenvalue weighted by molar-refractivity contribution is 0.139. The van der Waals surface area contributed by atoms with Crippen LogP contribution < -0.4 is 5.73 Å². The van der Waals surface area contributed by atoms with E-state index in [1.165, 1.54) is 0 Å². The van der Waals surface area contributed by atoms with Crippen molar-refractivity contribution >= 4 is 0 Å². The lowest BCUT2D eigenvalue weighted by Gasteiger charge is -1.95. The summed E-state index contributed by atoms with van der Waals surface area (Å²) in [6.45, 7) is -0.0440. The van der Waals surface area contributed by atoms with E-state index in [1.54, 1.807) is 0 Å². The van der Waals surface area contributed by atoms with Crippen LogP contribution in [0.4, 0.5) is 0 Å². The van der Waals surface area contributed by atoms with Crippen molar-refractivity contribution in [3.63, 3.8) is 0 Å². The third kappa shape index (κ3) is 3.88. The van der Waals surface area contributed by atoms with E-state index in [4.69, 9.17) is 15.9 Å². The Morgan fingerprint density at radius 3 is 2.17 bits per heavy atom. The second kappa shape index (κ2) is 3.08. The number of aliphatic hydroxyl groups is 2. The first-order valence-electron chi connectivity index (χ1n) is 1.82. The molecule has 0 radical (unpaired) electrons. The molecule has 3 heteroatoms. The molecule has 0 unspecified atom stereocenters. The van der Waals surface area contributed by atoms with Gasteiger partial charge in [0.15, 0.2) is 0 Å². The van der Waals surface area contributed by atoms with Gasteiger partial charge in [-0.05, 0) is 0 Å². The maximum atomic E-state index is 8.17. The third-order valence-corrected chi connectivity index (χ3v) is 0.425. The highest BCUT2D eigenvalue weighted by Gasteiger charge is 1.88. The lowest BCUT2D eigenvalue weighted by Crippen LogP contribution is -2.19. The van der Waals surface area contributed by atoms with Gasteiger partial charge in [0, 0.05) is 13.0 Å². The van der Waals surface area contributed by atoms with Crippen LogP contribution >= 0.6 is 0 Å². The van der Waals surface area contributed by atoms with Crippen LogP contribution in [-0.2, 0) is 0 Å². The highest BCUT2D eigenvalue weighted by atomic mass is 16.3. The molecule has 0 saturated carbocycles. The predicted octanol–water partition coefficient (Wildman–Crippen LogP) is -1.35. The van der Waals surface area contributed by atoms with E-state index in [0.717, 1.165) is 0 Å². The third-order valence-electron chi connectivity index (χ3n) is 0.425. The van der Waals surface area contributed by atoms with Crippen molar-refractivity contribution in [3.05, 3.63) is 0 Å². The maximum Gasteiger partial charge on any atom is 0.104 e. The van der Waals surface area contributed by atoms with Crippen LogP contribution in [0, 0.1) is 0 Å². The summed E-state index contributed by atoms with van der Waals surface area (Å²) in [5.74, 6) is 0. The SMILES string of the molecule is N[C@H](O)CCO. The Hall–Kier alpha value is -0.120. The standard InChI is InChI=1S/C3H9NO2/c4-3(6)1-2-5/h3,5-6H,1-2,4H2/t3-/m1/s1. The molecular formula is C3H9NO2. The van der Waals surface area contributed by atoms with Crippen LogP contribution in [0.25, 0.3) is 0 Å². The topological polar surface area (TPSA) is 66.5 Å². The molecule has 0 amide bonds. The minimum Gasteiger partial charge on any atom is -0.396 e. The summed E-state index contributed by atoms with van der Waals surface area (Å²) in [5, 5.41) is 16.2. The van der Waals surface area contributed by atoms with Crippen LogP contribution in [0.2, 0.25) is 0 Å². The molecule has 0 aromatic rings. The Kier molecular flexibility index (Phi) is 3.02. The van der Waals surface area contributed by atoms with Gasteiger partial charge in [-0.1, -0.05) is 0 Å². The van der Waals surface area contributed by atoms with E-state index in [-0.39, 0.29) is 13.0 Å². The number of aliphatic hydroxyl groups excluding tert-OH is 2. The van der Waals surface area contributed by atoms with E-state index in [0.29, 0.717) is 0 Å². The Balaban J connectivity index is 2.63. The minimum atomic E-state index is -0.852.